The number of Topliss-reactive ketones (excluding diaryl/α,β-unsaturated/α-hetero) is 1. The average Bonchev–Trinajstić information content (AvgIpc) is 2.68. The minimum atomic E-state index is -1.40. The molecule has 0 spiro atoms. The van der Waals surface area contributed by atoms with Crippen LogP contribution in [0.1, 0.15) is 27.6 Å². The van der Waals surface area contributed by atoms with Gasteiger partial charge < -0.3 is 14.2 Å². The molecule has 1 aliphatic heterocycles. The van der Waals surface area contributed by atoms with Gasteiger partial charge in [0.05, 0.1) is 11.0 Å². The van der Waals surface area contributed by atoms with Crippen molar-refractivity contribution in [2.45, 2.75) is 13.0 Å². The summed E-state index contributed by atoms with van der Waals surface area (Å²) in [4.78, 5) is 35.2. The molecule has 2 aromatic carbocycles. The Labute approximate surface area is 156 Å². The number of nitro groups is 1. The van der Waals surface area contributed by atoms with E-state index in [0.29, 0.717) is 6.07 Å². The van der Waals surface area contributed by atoms with Crippen molar-refractivity contribution in [1.29, 1.82) is 0 Å². The molecule has 0 saturated carbocycles. The van der Waals surface area contributed by atoms with Crippen LogP contribution in [0, 0.1) is 21.7 Å². The summed E-state index contributed by atoms with van der Waals surface area (Å²) in [6, 6.07) is 4.62. The molecule has 0 saturated heterocycles. The normalized spacial score (nSPS) is 13.5. The molecule has 0 aliphatic carbocycles. The fourth-order valence-electron chi connectivity index (χ4n) is 2.55. The third-order valence-electron chi connectivity index (χ3n) is 3.93. The van der Waals surface area contributed by atoms with E-state index in [2.05, 4.69) is 0 Å². The summed E-state index contributed by atoms with van der Waals surface area (Å²) >= 11 is 0. The average molecular weight is 393 g/mol. The Kier molecular flexibility index (Phi) is 5.21. The van der Waals surface area contributed by atoms with Crippen LogP contribution in [0.5, 0.6) is 11.5 Å². The number of nitrogens with zero attached hydrogens (tertiary/aromatic N) is 1. The summed E-state index contributed by atoms with van der Waals surface area (Å²) in [6.07, 6.45) is -1.40. The third-order valence-corrected chi connectivity index (χ3v) is 3.93. The number of carbonyl (C=O) groups excluding carboxylic acids is 2. The SMILES string of the molecule is C[C@@H](OC(=O)c1cc2c(cc1[N+](=O)[O-])OCCO2)C(=O)c1ccc(F)c(F)c1. The largest absolute Gasteiger partial charge is 0.486 e. The second kappa shape index (κ2) is 7.59. The summed E-state index contributed by atoms with van der Waals surface area (Å²) in [5.74, 6) is -4.07. The fourth-order valence-corrected chi connectivity index (χ4v) is 2.55. The van der Waals surface area contributed by atoms with Crippen molar-refractivity contribution in [3.05, 3.63) is 63.2 Å². The van der Waals surface area contributed by atoms with E-state index < -0.39 is 45.7 Å². The van der Waals surface area contributed by atoms with Crippen molar-refractivity contribution in [2.75, 3.05) is 13.2 Å². The van der Waals surface area contributed by atoms with Crippen LogP contribution in [0.3, 0.4) is 0 Å². The maximum absolute atomic E-state index is 13.3. The van der Waals surface area contributed by atoms with Crippen molar-refractivity contribution in [3.63, 3.8) is 0 Å². The van der Waals surface area contributed by atoms with E-state index >= 15 is 0 Å². The molecule has 1 heterocycles. The number of benzene rings is 2. The molecule has 1 atom stereocenters. The number of hydrogen-bond acceptors (Lipinski definition) is 7. The number of hydrogen-bond donors (Lipinski definition) is 0. The van der Waals surface area contributed by atoms with Gasteiger partial charge in [-0.15, -0.1) is 0 Å². The molecule has 146 valence electrons. The van der Waals surface area contributed by atoms with E-state index in [1.54, 1.807) is 0 Å². The number of ketones is 1. The predicted molar refractivity (Wildman–Crippen MR) is 89.7 cm³/mol. The monoisotopic (exact) mass is 393 g/mol. The minimum absolute atomic E-state index is 0.111. The molecule has 28 heavy (non-hydrogen) atoms. The predicted octanol–water partition coefficient (Wildman–Crippen LogP) is 3.07. The highest BCUT2D eigenvalue weighted by atomic mass is 19.2. The van der Waals surface area contributed by atoms with Crippen molar-refractivity contribution in [3.8, 4) is 11.5 Å². The van der Waals surface area contributed by atoms with Gasteiger partial charge in [-0.2, -0.15) is 0 Å². The highest BCUT2D eigenvalue weighted by molar-refractivity contribution is 6.02. The van der Waals surface area contributed by atoms with Crippen LogP contribution < -0.4 is 9.47 Å². The summed E-state index contributed by atoms with van der Waals surface area (Å²) in [7, 11) is 0. The van der Waals surface area contributed by atoms with Gasteiger partial charge in [0.2, 0.25) is 5.78 Å². The van der Waals surface area contributed by atoms with Gasteiger partial charge in [-0.05, 0) is 25.1 Å². The van der Waals surface area contributed by atoms with Gasteiger partial charge in [-0.1, -0.05) is 0 Å². The zero-order valence-electron chi connectivity index (χ0n) is 14.4. The van der Waals surface area contributed by atoms with Crippen molar-refractivity contribution in [1.82, 2.24) is 0 Å². The lowest BCUT2D eigenvalue weighted by molar-refractivity contribution is -0.385. The van der Waals surface area contributed by atoms with E-state index in [0.717, 1.165) is 24.3 Å². The van der Waals surface area contributed by atoms with Crippen LogP contribution in [0.2, 0.25) is 0 Å². The van der Waals surface area contributed by atoms with E-state index in [-0.39, 0.29) is 30.3 Å². The lowest BCUT2D eigenvalue weighted by atomic mass is 10.1. The Bertz CT molecular complexity index is 977. The zero-order valence-corrected chi connectivity index (χ0v) is 14.4. The lowest BCUT2D eigenvalue weighted by Gasteiger charge is -2.19. The second-order valence-corrected chi connectivity index (χ2v) is 5.81. The molecule has 0 unspecified atom stereocenters. The highest BCUT2D eigenvalue weighted by Gasteiger charge is 2.30. The maximum Gasteiger partial charge on any atom is 0.346 e. The first-order chi connectivity index (χ1) is 13.3. The topological polar surface area (TPSA) is 105 Å². The minimum Gasteiger partial charge on any atom is -0.486 e. The molecule has 3 rings (SSSR count). The van der Waals surface area contributed by atoms with Crippen LogP contribution >= 0.6 is 0 Å². The van der Waals surface area contributed by atoms with Gasteiger partial charge in [0.1, 0.15) is 18.8 Å². The zero-order chi connectivity index (χ0) is 20.4. The smallest absolute Gasteiger partial charge is 0.346 e. The van der Waals surface area contributed by atoms with Gasteiger partial charge in [0.25, 0.3) is 5.69 Å². The van der Waals surface area contributed by atoms with Gasteiger partial charge in [0.15, 0.2) is 29.2 Å². The number of halogens is 2. The quantitative estimate of drug-likeness (QED) is 0.333. The highest BCUT2D eigenvalue weighted by Crippen LogP contribution is 2.37. The maximum atomic E-state index is 13.3. The Morgan fingerprint density at radius 3 is 2.36 bits per heavy atom. The molecule has 2 aromatic rings. The first-order valence-corrected chi connectivity index (χ1v) is 8.06. The van der Waals surface area contributed by atoms with Gasteiger partial charge >= 0.3 is 5.97 Å². The second-order valence-electron chi connectivity index (χ2n) is 5.81. The van der Waals surface area contributed by atoms with Crippen molar-refractivity contribution >= 4 is 17.4 Å². The first-order valence-electron chi connectivity index (χ1n) is 8.06. The molecule has 10 heteroatoms. The van der Waals surface area contributed by atoms with Crippen molar-refractivity contribution < 1.29 is 37.5 Å². The number of fused-ring (bicyclic) bond motifs is 1. The van der Waals surface area contributed by atoms with E-state index in [1.807, 2.05) is 0 Å². The summed E-state index contributed by atoms with van der Waals surface area (Å²) in [6.45, 7) is 1.61. The van der Waals surface area contributed by atoms with Crippen LogP contribution in [0.15, 0.2) is 30.3 Å². The Morgan fingerprint density at radius 2 is 1.75 bits per heavy atom. The molecule has 0 amide bonds. The number of ether oxygens (including phenoxy) is 3. The van der Waals surface area contributed by atoms with Gasteiger partial charge in [-0.3, -0.25) is 14.9 Å². The Hall–Kier alpha value is -3.56. The summed E-state index contributed by atoms with van der Waals surface area (Å²) < 4.78 is 41.8. The fraction of sp³-hybridized carbons (Fsp3) is 0.222. The molecule has 0 fully saturated rings. The van der Waals surface area contributed by atoms with E-state index in [9.17, 15) is 28.5 Å². The summed E-state index contributed by atoms with van der Waals surface area (Å²) in [5.41, 5.74) is -1.23. The molecule has 0 radical (unpaired) electrons. The first kappa shape index (κ1) is 19.2. The van der Waals surface area contributed by atoms with Crippen molar-refractivity contribution in [2.24, 2.45) is 0 Å². The molecular weight excluding hydrogens is 380 g/mol. The standard InChI is InChI=1S/C18H13F2NO7/c1-9(17(22)10-2-3-12(19)13(20)6-10)28-18(23)11-7-15-16(27-5-4-26-15)8-14(11)21(24)25/h2-3,6-9H,4-5H2,1H3/t9-/m1/s1. The van der Waals surface area contributed by atoms with Crippen LogP contribution in [0.25, 0.3) is 0 Å². The number of carbonyl (C=O) groups is 2. The molecular formula is C18H13F2NO7. The molecule has 8 nitrogen and oxygen atoms in total. The Morgan fingerprint density at radius 1 is 1.11 bits per heavy atom. The van der Waals surface area contributed by atoms with Crippen LogP contribution in [0.4, 0.5) is 14.5 Å². The molecule has 0 bridgehead atoms. The van der Waals surface area contributed by atoms with Crippen LogP contribution in [-0.2, 0) is 4.74 Å². The molecule has 0 aromatic heterocycles. The summed E-state index contributed by atoms with van der Waals surface area (Å²) in [5, 5.41) is 11.3. The number of esters is 1. The number of nitro benzene ring substituents is 1. The third kappa shape index (κ3) is 3.75. The van der Waals surface area contributed by atoms with Gasteiger partial charge in [-0.25, -0.2) is 13.6 Å². The Balaban J connectivity index is 1.84. The van der Waals surface area contributed by atoms with E-state index in [1.165, 1.54) is 6.92 Å². The molecule has 1 aliphatic rings. The van der Waals surface area contributed by atoms with E-state index in [4.69, 9.17) is 14.2 Å². The van der Waals surface area contributed by atoms with Crippen LogP contribution in [-0.4, -0.2) is 36.0 Å². The lowest BCUT2D eigenvalue weighted by Crippen LogP contribution is -2.25. The number of rotatable bonds is 5. The van der Waals surface area contributed by atoms with Gasteiger partial charge in [0, 0.05) is 11.6 Å². The molecule has 0 N–H and O–H groups in total.